The molecule has 5 aromatic rings. The first kappa shape index (κ1) is 48.8. The number of nitrogen functional groups attached to an aromatic ring is 1. The van der Waals surface area contributed by atoms with Crippen LogP contribution in [0.2, 0.25) is 5.28 Å². The summed E-state index contributed by atoms with van der Waals surface area (Å²) in [7, 11) is -15.4. The van der Waals surface area contributed by atoms with E-state index in [1.807, 2.05) is 0 Å². The van der Waals surface area contributed by atoms with Crippen molar-refractivity contribution in [2.24, 2.45) is 4.99 Å². The third-order valence-electron chi connectivity index (χ3n) is 8.28. The van der Waals surface area contributed by atoms with Gasteiger partial charge in [0.15, 0.2) is 11.6 Å². The van der Waals surface area contributed by atoms with Gasteiger partial charge in [-0.3, -0.25) is 14.6 Å². The van der Waals surface area contributed by atoms with Crippen LogP contribution in [0.4, 0.5) is 22.7 Å². The van der Waals surface area contributed by atoms with Crippen molar-refractivity contribution in [3.05, 3.63) is 104 Å². The van der Waals surface area contributed by atoms with Gasteiger partial charge in [-0.1, -0.05) is 24.3 Å². The number of nitrogens with one attached hydrogen (secondary N) is 2. The molecule has 4 N–H and O–H groups in total. The fourth-order valence-corrected chi connectivity index (χ4v) is 8.20. The summed E-state index contributed by atoms with van der Waals surface area (Å²) >= 11 is 6.10. The van der Waals surface area contributed by atoms with Crippen molar-refractivity contribution in [3.8, 4) is 11.8 Å². The maximum atomic E-state index is 13.9. The van der Waals surface area contributed by atoms with Crippen LogP contribution in [0.15, 0.2) is 74.3 Å². The molecule has 0 atom stereocenters. The molecule has 0 fully saturated rings. The number of carbonyl (C=O) groups is 2. The number of hydrogen-bond acceptors (Lipinski definition) is 17. The van der Waals surface area contributed by atoms with E-state index < -0.39 is 84.4 Å². The minimum atomic E-state index is -5.37. The first-order valence-corrected chi connectivity index (χ1v) is 19.6. The van der Waals surface area contributed by atoms with E-state index in [1.54, 1.807) is 0 Å². The topological polar surface area (TPSA) is 307 Å². The predicted molar refractivity (Wildman–Crippen MR) is 185 cm³/mol. The summed E-state index contributed by atoms with van der Waals surface area (Å²) in [5.41, 5.74) is 2.62. The zero-order valence-corrected chi connectivity index (χ0v) is 39.8. The van der Waals surface area contributed by atoms with Crippen molar-refractivity contribution < 1.29 is 142 Å². The monoisotopic (exact) mass is 882 g/mol. The SMILES string of the molecule is Cc1c(N=c2nc(Cl)nc(Oc3ccc(S(=O)(=O)[O-])cc3)[nH]2)c(C)c(S(=O)(=O)[O-])c(C)c1Nc1cc(S(=O)(=O)[O-])c(N)c2c1C(=O)c1ccccc1C2=O.[Na+].[Na+].[Na+]. The van der Waals surface area contributed by atoms with Crippen molar-refractivity contribution >= 4 is 76.3 Å². The fourth-order valence-electron chi connectivity index (χ4n) is 5.99. The summed E-state index contributed by atoms with van der Waals surface area (Å²) in [4.78, 5) is 39.9. The van der Waals surface area contributed by atoms with Crippen LogP contribution in [-0.2, 0) is 30.4 Å². The molecule has 57 heavy (non-hydrogen) atoms. The Balaban J connectivity index is 0.00000290. The average molecular weight is 883 g/mol. The predicted octanol–water partition coefficient (Wildman–Crippen LogP) is -5.77. The molecule has 0 unspecified atom stereocenters. The van der Waals surface area contributed by atoms with E-state index in [1.165, 1.54) is 45.0 Å². The van der Waals surface area contributed by atoms with E-state index in [2.05, 4.69) is 25.3 Å². The number of hydrogen-bond donors (Lipinski definition) is 3. The summed E-state index contributed by atoms with van der Waals surface area (Å²) < 4.78 is 115. The number of H-pyrrole nitrogens is 1. The van der Waals surface area contributed by atoms with Gasteiger partial charge in [-0.25, -0.2) is 30.2 Å². The number of aromatic amines is 1. The summed E-state index contributed by atoms with van der Waals surface area (Å²) in [6.07, 6.45) is 0. The van der Waals surface area contributed by atoms with Crippen molar-refractivity contribution in [1.29, 1.82) is 0 Å². The molecule has 0 amide bonds. The van der Waals surface area contributed by atoms with Crippen LogP contribution >= 0.6 is 11.6 Å². The number of ketones is 2. The van der Waals surface area contributed by atoms with Crippen molar-refractivity contribution in [1.82, 2.24) is 15.0 Å². The Morgan fingerprint density at radius 1 is 0.772 bits per heavy atom. The molecule has 0 saturated carbocycles. The third-order valence-corrected chi connectivity index (χ3v) is 11.3. The fraction of sp³-hybridized carbons (Fsp3) is 0.0938. The van der Waals surface area contributed by atoms with Crippen molar-refractivity contribution in [3.63, 3.8) is 0 Å². The van der Waals surface area contributed by atoms with Gasteiger partial charge in [-0.05, 0) is 79.4 Å². The van der Waals surface area contributed by atoms with Crippen LogP contribution in [0.3, 0.4) is 0 Å². The Morgan fingerprint density at radius 2 is 1.33 bits per heavy atom. The number of benzene rings is 4. The molecule has 1 heterocycles. The smallest absolute Gasteiger partial charge is 0.744 e. The molecular weight excluding hydrogens is 861 g/mol. The molecule has 6 rings (SSSR count). The zero-order valence-electron chi connectivity index (χ0n) is 30.6. The van der Waals surface area contributed by atoms with Crippen molar-refractivity contribution in [2.75, 3.05) is 11.1 Å². The molecule has 0 radical (unpaired) electrons. The quantitative estimate of drug-likeness (QED) is 0.0729. The molecule has 1 aliphatic rings. The second-order valence-electron chi connectivity index (χ2n) is 11.6. The van der Waals surface area contributed by atoms with E-state index in [0.717, 1.165) is 30.3 Å². The van der Waals surface area contributed by atoms with Gasteiger partial charge in [0.05, 0.1) is 42.9 Å². The molecule has 25 heteroatoms. The number of anilines is 3. The third kappa shape index (κ3) is 9.75. The maximum Gasteiger partial charge on any atom is 1.00 e. The number of ether oxygens (including phenoxy) is 1. The number of rotatable bonds is 8. The van der Waals surface area contributed by atoms with E-state index in [0.29, 0.717) is 0 Å². The number of nitrogens with two attached hydrogens (primary N) is 1. The van der Waals surface area contributed by atoms with E-state index in [9.17, 15) is 48.5 Å². The standard InChI is InChI=1S/C32H25ClN6O12S3.3Na/c1-13-25(35-20-12-21(53(45,46)47)24(34)23-22(20)27(40)18-6-4-5-7-19(18)28(23)41)14(2)29(54(48,49)50)15(3)26(13)36-31-37-30(33)38-32(39-31)51-16-8-10-17(11-9-16)52(42,43)44;;;/h4-12,35H,34H2,1-3H3,(H,42,43,44)(H,45,46,47)(H,48,49,50)(H,36,37,38,39);;;/q;3*+1/p-3. The summed E-state index contributed by atoms with van der Waals surface area (Å²) in [5, 5.41) is 2.33. The molecule has 4 aromatic carbocycles. The van der Waals surface area contributed by atoms with Crippen LogP contribution < -0.4 is 110 Å². The van der Waals surface area contributed by atoms with E-state index in [-0.39, 0.29) is 145 Å². The van der Waals surface area contributed by atoms with Gasteiger partial charge >= 0.3 is 94.7 Å². The Bertz CT molecular complexity index is 2910. The molecule has 1 aliphatic carbocycles. The first-order valence-electron chi connectivity index (χ1n) is 15.0. The summed E-state index contributed by atoms with van der Waals surface area (Å²) in [6, 6.07) is 10.3. The molecule has 280 valence electrons. The van der Waals surface area contributed by atoms with Crippen LogP contribution in [-0.4, -0.2) is 65.4 Å². The van der Waals surface area contributed by atoms with Crippen LogP contribution in [0, 0.1) is 20.8 Å². The molecule has 0 aliphatic heterocycles. The largest absolute Gasteiger partial charge is 1.00 e. The van der Waals surface area contributed by atoms with Crippen LogP contribution in [0.1, 0.15) is 48.5 Å². The van der Waals surface area contributed by atoms with E-state index >= 15 is 0 Å². The van der Waals surface area contributed by atoms with Gasteiger partial charge < -0.3 is 29.4 Å². The first-order chi connectivity index (χ1) is 25.1. The van der Waals surface area contributed by atoms with Gasteiger partial charge in [0.1, 0.15) is 36.1 Å². The number of halogens is 1. The molecular formula is C32H22ClN6Na3O12S3. The average Bonchev–Trinajstić information content (AvgIpc) is 3.06. The van der Waals surface area contributed by atoms with E-state index in [4.69, 9.17) is 22.1 Å². The maximum absolute atomic E-state index is 13.9. The van der Waals surface area contributed by atoms with Gasteiger partial charge in [-0.15, -0.1) is 0 Å². The van der Waals surface area contributed by atoms with Gasteiger partial charge in [0.2, 0.25) is 10.9 Å². The Labute approximate surface area is 396 Å². The Morgan fingerprint density at radius 3 is 1.86 bits per heavy atom. The summed E-state index contributed by atoms with van der Waals surface area (Å²) in [6.45, 7) is 3.94. The van der Waals surface area contributed by atoms with Crippen molar-refractivity contribution in [2.45, 2.75) is 35.5 Å². The molecule has 18 nitrogen and oxygen atoms in total. The van der Waals surface area contributed by atoms with Crippen LogP contribution in [0.25, 0.3) is 0 Å². The van der Waals surface area contributed by atoms with Crippen LogP contribution in [0.5, 0.6) is 11.8 Å². The second kappa shape index (κ2) is 18.0. The number of fused-ring (bicyclic) bond motifs is 2. The molecule has 0 bridgehead atoms. The minimum Gasteiger partial charge on any atom is -0.744 e. The Hall–Kier alpha value is -2.55. The Kier molecular flexibility index (Phi) is 15.4. The number of nitrogens with zero attached hydrogens (tertiary/aromatic N) is 3. The zero-order chi connectivity index (χ0) is 39.7. The normalized spacial score (nSPS) is 12.7. The second-order valence-corrected chi connectivity index (χ2v) is 16.0. The van der Waals surface area contributed by atoms with Gasteiger partial charge in [-0.2, -0.15) is 9.97 Å². The van der Waals surface area contributed by atoms with Gasteiger partial charge in [0, 0.05) is 16.8 Å². The van der Waals surface area contributed by atoms with Gasteiger partial charge in [0.25, 0.3) is 0 Å². The molecule has 1 aromatic heterocycles. The minimum absolute atomic E-state index is 0. The summed E-state index contributed by atoms with van der Waals surface area (Å²) in [5.74, 6) is -1.65. The molecule has 0 saturated heterocycles. The molecule has 0 spiro atoms. The number of carbonyl (C=O) groups excluding carboxylic acids is 2. The number of aromatic nitrogens is 3.